The van der Waals surface area contributed by atoms with E-state index in [1.807, 2.05) is 49.4 Å². The third-order valence-corrected chi connectivity index (χ3v) is 4.16. The lowest BCUT2D eigenvalue weighted by Gasteiger charge is -2.05. The summed E-state index contributed by atoms with van der Waals surface area (Å²) in [7, 11) is 0. The van der Waals surface area contributed by atoms with E-state index < -0.39 is 0 Å². The number of tetrazole rings is 1. The zero-order chi connectivity index (χ0) is 18.6. The maximum Gasteiger partial charge on any atom is 0.248 e. The summed E-state index contributed by atoms with van der Waals surface area (Å²) in [4.78, 5) is 12.4. The summed E-state index contributed by atoms with van der Waals surface area (Å²) in [5, 5.41) is 14.9. The highest BCUT2D eigenvalue weighted by Crippen LogP contribution is 2.27. The summed E-state index contributed by atoms with van der Waals surface area (Å²) < 4.78 is 7.38. The number of hydrogen-bond donors (Lipinski definition) is 1. The maximum absolute atomic E-state index is 12.4. The van der Waals surface area contributed by atoms with Gasteiger partial charge in [0.05, 0.1) is 5.69 Å². The van der Waals surface area contributed by atoms with Gasteiger partial charge in [0.1, 0.15) is 17.7 Å². The molecule has 2 aromatic heterocycles. The average Bonchev–Trinajstić information content (AvgIpc) is 3.34. The van der Waals surface area contributed by atoms with Gasteiger partial charge in [-0.15, -0.1) is 5.10 Å². The van der Waals surface area contributed by atoms with Gasteiger partial charge in [0.25, 0.3) is 0 Å². The number of carbonyl (C=O) groups excluding carboxylic acids is 1. The lowest BCUT2D eigenvalue weighted by atomic mass is 10.1. The smallest absolute Gasteiger partial charge is 0.248 e. The Hall–Kier alpha value is -3.74. The molecule has 0 fully saturated rings. The van der Waals surface area contributed by atoms with Crippen LogP contribution in [0.3, 0.4) is 0 Å². The van der Waals surface area contributed by atoms with Crippen molar-refractivity contribution in [3.8, 4) is 5.69 Å². The predicted octanol–water partition coefficient (Wildman–Crippen LogP) is 3.62. The van der Waals surface area contributed by atoms with Crippen LogP contribution in [0.4, 0.5) is 5.69 Å². The summed E-state index contributed by atoms with van der Waals surface area (Å²) in [6.45, 7) is 2.03. The van der Waals surface area contributed by atoms with E-state index in [4.69, 9.17) is 4.42 Å². The minimum atomic E-state index is -0.226. The number of nitrogens with zero attached hydrogens (tertiary/aromatic N) is 4. The second kappa shape index (κ2) is 7.25. The van der Waals surface area contributed by atoms with Crippen LogP contribution in [-0.2, 0) is 11.2 Å². The molecule has 27 heavy (non-hydrogen) atoms. The summed E-state index contributed by atoms with van der Waals surface area (Å²) in [5.41, 5.74) is 3.18. The van der Waals surface area contributed by atoms with Gasteiger partial charge in [0, 0.05) is 29.1 Å². The van der Waals surface area contributed by atoms with Gasteiger partial charge in [-0.3, -0.25) is 4.79 Å². The van der Waals surface area contributed by atoms with Crippen molar-refractivity contribution in [2.24, 2.45) is 0 Å². The first-order valence-electron chi connectivity index (χ1n) is 8.57. The molecule has 7 nitrogen and oxygen atoms in total. The molecule has 0 aliphatic rings. The van der Waals surface area contributed by atoms with E-state index in [9.17, 15) is 4.79 Å². The van der Waals surface area contributed by atoms with Crippen molar-refractivity contribution < 1.29 is 9.21 Å². The highest BCUT2D eigenvalue weighted by Gasteiger charge is 2.10. The summed E-state index contributed by atoms with van der Waals surface area (Å²) in [6.07, 6.45) is 5.56. The second-order valence-corrected chi connectivity index (χ2v) is 5.92. The molecule has 1 N–H and O–H groups in total. The van der Waals surface area contributed by atoms with Gasteiger partial charge in [-0.2, -0.15) is 0 Å². The molecule has 0 spiro atoms. The van der Waals surface area contributed by atoms with Gasteiger partial charge < -0.3 is 9.73 Å². The van der Waals surface area contributed by atoms with Crippen LogP contribution in [0.1, 0.15) is 18.2 Å². The SMILES string of the molecule is CCc1oc2ccccc2c1/C=C/C(=O)Nc1cccc(-n2cnnn2)c1. The third kappa shape index (κ3) is 3.48. The fourth-order valence-electron chi connectivity index (χ4n) is 2.91. The maximum atomic E-state index is 12.4. The molecule has 0 bridgehead atoms. The van der Waals surface area contributed by atoms with Gasteiger partial charge in [0.2, 0.25) is 5.91 Å². The zero-order valence-corrected chi connectivity index (χ0v) is 14.7. The molecule has 0 saturated carbocycles. The Morgan fingerprint density at radius 3 is 2.93 bits per heavy atom. The first-order chi connectivity index (χ1) is 13.2. The highest BCUT2D eigenvalue weighted by atomic mass is 16.3. The number of para-hydroxylation sites is 1. The molecule has 1 amide bonds. The highest BCUT2D eigenvalue weighted by molar-refractivity contribution is 6.03. The quantitative estimate of drug-likeness (QED) is 0.550. The lowest BCUT2D eigenvalue weighted by Crippen LogP contribution is -2.08. The first-order valence-corrected chi connectivity index (χ1v) is 8.57. The Labute approximate surface area is 155 Å². The molecule has 0 unspecified atom stereocenters. The third-order valence-electron chi connectivity index (χ3n) is 4.16. The number of carbonyl (C=O) groups is 1. The van der Waals surface area contributed by atoms with E-state index >= 15 is 0 Å². The van der Waals surface area contributed by atoms with Crippen molar-refractivity contribution in [1.29, 1.82) is 0 Å². The number of hydrogen-bond acceptors (Lipinski definition) is 5. The molecule has 4 aromatic rings. The number of aromatic nitrogens is 4. The number of benzene rings is 2. The number of rotatable bonds is 5. The Bertz CT molecular complexity index is 1110. The van der Waals surface area contributed by atoms with Gasteiger partial charge in [0.15, 0.2) is 0 Å². The van der Waals surface area contributed by atoms with Crippen LogP contribution >= 0.6 is 0 Å². The first kappa shape index (κ1) is 16.7. The molecular weight excluding hydrogens is 342 g/mol. The van der Waals surface area contributed by atoms with E-state index in [1.54, 1.807) is 12.1 Å². The number of aryl methyl sites for hydroxylation is 1. The Morgan fingerprint density at radius 1 is 1.22 bits per heavy atom. The predicted molar refractivity (Wildman–Crippen MR) is 102 cm³/mol. The van der Waals surface area contributed by atoms with Crippen molar-refractivity contribution >= 4 is 28.6 Å². The van der Waals surface area contributed by atoms with Crippen LogP contribution in [0.5, 0.6) is 0 Å². The van der Waals surface area contributed by atoms with E-state index in [2.05, 4.69) is 20.8 Å². The van der Waals surface area contributed by atoms with Crippen molar-refractivity contribution in [2.75, 3.05) is 5.32 Å². The van der Waals surface area contributed by atoms with E-state index in [0.717, 1.165) is 34.4 Å². The molecule has 2 aromatic carbocycles. The molecule has 0 radical (unpaired) electrons. The molecular formula is C20H17N5O2. The lowest BCUT2D eigenvalue weighted by molar-refractivity contribution is -0.111. The Morgan fingerprint density at radius 2 is 2.11 bits per heavy atom. The van der Waals surface area contributed by atoms with E-state index in [1.165, 1.54) is 17.1 Å². The molecule has 7 heteroatoms. The summed E-state index contributed by atoms with van der Waals surface area (Å²) in [5.74, 6) is 0.636. The van der Waals surface area contributed by atoms with Crippen LogP contribution in [0, 0.1) is 0 Å². The Kier molecular flexibility index (Phi) is 4.49. The molecule has 134 valence electrons. The van der Waals surface area contributed by atoms with Crippen LogP contribution < -0.4 is 5.32 Å². The second-order valence-electron chi connectivity index (χ2n) is 5.92. The fraction of sp³-hybridized carbons (Fsp3) is 0.100. The van der Waals surface area contributed by atoms with Crippen molar-refractivity contribution in [3.05, 3.63) is 72.3 Å². The number of furan rings is 1. The van der Waals surface area contributed by atoms with Crippen LogP contribution in [0.25, 0.3) is 22.7 Å². The number of amides is 1. The minimum Gasteiger partial charge on any atom is -0.460 e. The molecule has 2 heterocycles. The molecule has 0 saturated heterocycles. The number of fused-ring (bicyclic) bond motifs is 1. The van der Waals surface area contributed by atoms with Gasteiger partial charge >= 0.3 is 0 Å². The van der Waals surface area contributed by atoms with Gasteiger partial charge in [-0.1, -0.05) is 31.2 Å². The van der Waals surface area contributed by atoms with Gasteiger partial charge in [-0.25, -0.2) is 4.68 Å². The summed E-state index contributed by atoms with van der Waals surface area (Å²) in [6, 6.07) is 15.1. The van der Waals surface area contributed by atoms with Gasteiger partial charge in [-0.05, 0) is 40.8 Å². The molecule has 0 aliphatic heterocycles. The summed E-state index contributed by atoms with van der Waals surface area (Å²) >= 11 is 0. The molecule has 0 atom stereocenters. The standard InChI is InChI=1S/C20H17N5O2/c1-2-18-17(16-8-3-4-9-19(16)27-18)10-11-20(26)22-14-6-5-7-15(12-14)25-13-21-23-24-25/h3-13H,2H2,1H3,(H,22,26)/b11-10+. The number of anilines is 1. The molecule has 4 rings (SSSR count). The number of nitrogens with one attached hydrogen (secondary N) is 1. The largest absolute Gasteiger partial charge is 0.460 e. The van der Waals surface area contributed by atoms with E-state index in [0.29, 0.717) is 5.69 Å². The van der Waals surface area contributed by atoms with Crippen LogP contribution in [0.15, 0.2) is 65.4 Å². The monoisotopic (exact) mass is 359 g/mol. The van der Waals surface area contributed by atoms with Crippen LogP contribution in [-0.4, -0.2) is 26.1 Å². The average molecular weight is 359 g/mol. The zero-order valence-electron chi connectivity index (χ0n) is 14.7. The Balaban J connectivity index is 1.54. The van der Waals surface area contributed by atoms with Crippen molar-refractivity contribution in [1.82, 2.24) is 20.2 Å². The van der Waals surface area contributed by atoms with Crippen LogP contribution in [0.2, 0.25) is 0 Å². The fourth-order valence-corrected chi connectivity index (χ4v) is 2.91. The normalized spacial score (nSPS) is 11.3. The minimum absolute atomic E-state index is 0.226. The van der Waals surface area contributed by atoms with Crippen molar-refractivity contribution in [3.63, 3.8) is 0 Å². The van der Waals surface area contributed by atoms with E-state index in [-0.39, 0.29) is 5.91 Å². The topological polar surface area (TPSA) is 85.8 Å². The molecule has 0 aliphatic carbocycles. The van der Waals surface area contributed by atoms with Crippen molar-refractivity contribution in [2.45, 2.75) is 13.3 Å².